The Kier molecular flexibility index (Phi) is 6.46. The minimum atomic E-state index is -0.523. The number of piperazine rings is 1. The molecule has 1 aromatic heterocycles. The Morgan fingerprint density at radius 2 is 2.04 bits per heavy atom. The van der Waals surface area contributed by atoms with Crippen molar-refractivity contribution in [3.63, 3.8) is 0 Å². The van der Waals surface area contributed by atoms with Crippen molar-refractivity contribution in [2.75, 3.05) is 13.1 Å². The summed E-state index contributed by atoms with van der Waals surface area (Å²) < 4.78 is 18.3. The Morgan fingerprint density at radius 1 is 1.29 bits per heavy atom. The highest BCUT2D eigenvalue weighted by Gasteiger charge is 2.33. The van der Waals surface area contributed by atoms with Crippen molar-refractivity contribution in [2.45, 2.75) is 45.4 Å². The number of hydrogen-bond donors (Lipinski definition) is 1. The molecule has 0 bridgehead atoms. The molecule has 150 valence electrons. The van der Waals surface area contributed by atoms with E-state index in [1.165, 1.54) is 12.1 Å². The molecule has 0 spiro atoms. The molecule has 2 aromatic rings. The number of nitrogens with zero attached hydrogens (tertiary/aromatic N) is 2. The van der Waals surface area contributed by atoms with Crippen LogP contribution in [0.2, 0.25) is 0 Å². The predicted molar refractivity (Wildman–Crippen MR) is 103 cm³/mol. The number of carbonyl (C=O) groups excluding carboxylic acids is 2. The van der Waals surface area contributed by atoms with Gasteiger partial charge in [-0.15, -0.1) is 0 Å². The van der Waals surface area contributed by atoms with Gasteiger partial charge in [0.2, 0.25) is 11.8 Å². The van der Waals surface area contributed by atoms with Crippen molar-refractivity contribution in [2.24, 2.45) is 0 Å². The van der Waals surface area contributed by atoms with Crippen LogP contribution in [0, 0.1) is 5.82 Å². The zero-order valence-electron chi connectivity index (χ0n) is 16.2. The van der Waals surface area contributed by atoms with E-state index in [4.69, 9.17) is 4.42 Å². The molecule has 1 aromatic carbocycles. The van der Waals surface area contributed by atoms with Crippen LogP contribution >= 0.6 is 0 Å². The summed E-state index contributed by atoms with van der Waals surface area (Å²) in [5.41, 5.74) is 1.82. The van der Waals surface area contributed by atoms with Crippen LogP contribution in [0.3, 0.4) is 0 Å². The van der Waals surface area contributed by atoms with Crippen molar-refractivity contribution in [1.29, 1.82) is 0 Å². The van der Waals surface area contributed by atoms with Gasteiger partial charge in [0.15, 0.2) is 0 Å². The minimum Gasteiger partial charge on any atom is -0.472 e. The molecule has 1 atom stereocenters. The Morgan fingerprint density at radius 3 is 2.68 bits per heavy atom. The molecule has 6 nitrogen and oxygen atoms in total. The maximum absolute atomic E-state index is 13.2. The molecule has 28 heavy (non-hydrogen) atoms. The quantitative estimate of drug-likeness (QED) is 0.793. The van der Waals surface area contributed by atoms with Crippen LogP contribution in [0.4, 0.5) is 4.39 Å². The zero-order valence-corrected chi connectivity index (χ0v) is 16.2. The topological polar surface area (TPSA) is 65.8 Å². The molecule has 2 heterocycles. The summed E-state index contributed by atoms with van der Waals surface area (Å²) in [6, 6.07) is 7.43. The second-order valence-electron chi connectivity index (χ2n) is 7.35. The van der Waals surface area contributed by atoms with Crippen LogP contribution in [0.25, 0.3) is 0 Å². The van der Waals surface area contributed by atoms with E-state index >= 15 is 0 Å². The van der Waals surface area contributed by atoms with Crippen molar-refractivity contribution in [1.82, 2.24) is 15.1 Å². The van der Waals surface area contributed by atoms with Crippen molar-refractivity contribution < 1.29 is 18.4 Å². The third-order valence-corrected chi connectivity index (χ3v) is 4.99. The molecule has 1 saturated heterocycles. The molecular weight excluding hydrogens is 361 g/mol. The van der Waals surface area contributed by atoms with E-state index in [1.54, 1.807) is 29.6 Å². The van der Waals surface area contributed by atoms with Crippen LogP contribution in [-0.4, -0.2) is 46.8 Å². The summed E-state index contributed by atoms with van der Waals surface area (Å²) in [7, 11) is 0. The smallest absolute Gasteiger partial charge is 0.237 e. The highest BCUT2D eigenvalue weighted by atomic mass is 19.1. The van der Waals surface area contributed by atoms with E-state index in [0.29, 0.717) is 26.2 Å². The van der Waals surface area contributed by atoms with E-state index in [0.717, 1.165) is 11.1 Å². The highest BCUT2D eigenvalue weighted by molar-refractivity contribution is 5.89. The van der Waals surface area contributed by atoms with Crippen LogP contribution in [0.5, 0.6) is 0 Å². The number of benzene rings is 1. The van der Waals surface area contributed by atoms with Crippen LogP contribution in [0.1, 0.15) is 31.4 Å². The maximum atomic E-state index is 13.2. The Balaban J connectivity index is 1.70. The fourth-order valence-electron chi connectivity index (χ4n) is 3.42. The highest BCUT2D eigenvalue weighted by Crippen LogP contribution is 2.18. The van der Waals surface area contributed by atoms with Gasteiger partial charge >= 0.3 is 0 Å². The number of furan rings is 1. The van der Waals surface area contributed by atoms with Gasteiger partial charge in [-0.05, 0) is 37.6 Å². The molecule has 7 heteroatoms. The number of rotatable bonds is 7. The SMILES string of the molecule is CC(C)N(Cc1ccc(F)cc1)C(=O)C[C@H]1C(=O)NCCN1Cc1ccoc1. The molecule has 3 rings (SSSR count). The lowest BCUT2D eigenvalue weighted by molar-refractivity contribution is -0.140. The lowest BCUT2D eigenvalue weighted by atomic mass is 10.1. The molecule has 2 amide bonds. The largest absolute Gasteiger partial charge is 0.472 e. The summed E-state index contributed by atoms with van der Waals surface area (Å²) in [6.07, 6.45) is 3.35. The average Bonchev–Trinajstić information content (AvgIpc) is 3.16. The van der Waals surface area contributed by atoms with E-state index in [1.807, 2.05) is 24.8 Å². The summed E-state index contributed by atoms with van der Waals surface area (Å²) >= 11 is 0. The van der Waals surface area contributed by atoms with Crippen LogP contribution in [0.15, 0.2) is 47.3 Å². The number of hydrogen-bond acceptors (Lipinski definition) is 4. The lowest BCUT2D eigenvalue weighted by Crippen LogP contribution is -2.56. The van der Waals surface area contributed by atoms with Crippen molar-refractivity contribution in [3.8, 4) is 0 Å². The first kappa shape index (κ1) is 20.1. The monoisotopic (exact) mass is 387 g/mol. The Labute approximate surface area is 164 Å². The van der Waals surface area contributed by atoms with Gasteiger partial charge in [0.05, 0.1) is 25.0 Å². The molecule has 1 aliphatic rings. The molecule has 0 radical (unpaired) electrons. The molecule has 0 aliphatic carbocycles. The normalized spacial score (nSPS) is 17.6. The molecule has 0 unspecified atom stereocenters. The van der Waals surface area contributed by atoms with Gasteiger partial charge in [-0.2, -0.15) is 0 Å². The maximum Gasteiger partial charge on any atom is 0.237 e. The first-order valence-electron chi connectivity index (χ1n) is 9.51. The zero-order chi connectivity index (χ0) is 20.1. The molecule has 1 N–H and O–H groups in total. The fourth-order valence-corrected chi connectivity index (χ4v) is 3.42. The van der Waals surface area contributed by atoms with E-state index in [2.05, 4.69) is 5.32 Å². The number of amides is 2. The van der Waals surface area contributed by atoms with E-state index in [9.17, 15) is 14.0 Å². The summed E-state index contributed by atoms with van der Waals surface area (Å²) in [5.74, 6) is -0.535. The van der Waals surface area contributed by atoms with Gasteiger partial charge in [0.25, 0.3) is 0 Å². The van der Waals surface area contributed by atoms with Crippen molar-refractivity contribution in [3.05, 3.63) is 59.8 Å². The van der Waals surface area contributed by atoms with E-state index in [-0.39, 0.29) is 30.1 Å². The predicted octanol–water partition coefficient (Wildman–Crippen LogP) is 2.55. The molecule has 1 fully saturated rings. The number of halogens is 1. The van der Waals surface area contributed by atoms with Gasteiger partial charge in [0, 0.05) is 37.8 Å². The van der Waals surface area contributed by atoms with Gasteiger partial charge in [-0.25, -0.2) is 4.39 Å². The Bertz CT molecular complexity index is 790. The van der Waals surface area contributed by atoms with Crippen LogP contribution < -0.4 is 5.32 Å². The van der Waals surface area contributed by atoms with Gasteiger partial charge in [-0.3, -0.25) is 14.5 Å². The minimum absolute atomic E-state index is 0.0356. The van der Waals surface area contributed by atoms with E-state index < -0.39 is 6.04 Å². The van der Waals surface area contributed by atoms with Crippen molar-refractivity contribution >= 4 is 11.8 Å². The third kappa shape index (κ3) is 4.98. The summed E-state index contributed by atoms with van der Waals surface area (Å²) in [6.45, 7) is 6.05. The first-order chi connectivity index (χ1) is 13.4. The standard InChI is InChI=1S/C21H26FN3O3/c1-15(2)25(13-16-3-5-18(22)6-4-16)20(26)11-19-21(27)23-8-9-24(19)12-17-7-10-28-14-17/h3-7,10,14-15,19H,8-9,11-13H2,1-2H3,(H,23,27)/t19-/m0/s1. The molecule has 0 saturated carbocycles. The summed E-state index contributed by atoms with van der Waals surface area (Å²) in [4.78, 5) is 29.3. The second-order valence-corrected chi connectivity index (χ2v) is 7.35. The fraction of sp³-hybridized carbons (Fsp3) is 0.429. The second kappa shape index (κ2) is 9.01. The lowest BCUT2D eigenvalue weighted by Gasteiger charge is -2.36. The Hall–Kier alpha value is -2.67. The third-order valence-electron chi connectivity index (χ3n) is 4.99. The van der Waals surface area contributed by atoms with Gasteiger partial charge in [-0.1, -0.05) is 12.1 Å². The summed E-state index contributed by atoms with van der Waals surface area (Å²) in [5, 5.41) is 2.85. The first-order valence-corrected chi connectivity index (χ1v) is 9.51. The molecule has 1 aliphatic heterocycles. The van der Waals surface area contributed by atoms with Gasteiger partial charge < -0.3 is 14.6 Å². The van der Waals surface area contributed by atoms with Gasteiger partial charge in [0.1, 0.15) is 5.82 Å². The van der Waals surface area contributed by atoms with Crippen LogP contribution in [-0.2, 0) is 22.7 Å². The number of carbonyl (C=O) groups is 2. The average molecular weight is 387 g/mol. The number of nitrogens with one attached hydrogen (secondary N) is 1. The molecular formula is C21H26FN3O3.